The highest BCUT2D eigenvalue weighted by Crippen LogP contribution is 2.21. The Balaban J connectivity index is 1.72. The molecule has 114 valence electrons. The Hall–Kier alpha value is -3.09. The second-order valence-corrected chi connectivity index (χ2v) is 5.09. The van der Waals surface area contributed by atoms with Crippen molar-refractivity contribution in [2.45, 2.75) is 6.54 Å². The van der Waals surface area contributed by atoms with Gasteiger partial charge in [0.15, 0.2) is 5.65 Å². The number of nitrogens with one attached hydrogen (secondary N) is 1. The molecule has 4 aromatic rings. The molecule has 0 unspecified atom stereocenters. The Labute approximate surface area is 129 Å². The number of hydrogen-bond donors (Lipinski definition) is 1. The van der Waals surface area contributed by atoms with Crippen molar-refractivity contribution in [1.82, 2.24) is 24.5 Å². The summed E-state index contributed by atoms with van der Waals surface area (Å²) < 4.78 is 28.6. The molecular weight excluding hydrogens is 300 g/mol. The molecule has 23 heavy (non-hydrogen) atoms. The molecule has 0 aliphatic carbocycles. The Morgan fingerprint density at radius 3 is 2.65 bits per heavy atom. The summed E-state index contributed by atoms with van der Waals surface area (Å²) in [6, 6.07) is 7.05. The van der Waals surface area contributed by atoms with Crippen LogP contribution in [0.25, 0.3) is 22.6 Å². The maximum atomic E-state index is 13.4. The number of benzene rings is 1. The third-order valence-electron chi connectivity index (χ3n) is 3.46. The number of pyridine rings is 1. The molecule has 3 aromatic heterocycles. The van der Waals surface area contributed by atoms with E-state index in [1.54, 1.807) is 23.2 Å². The summed E-state index contributed by atoms with van der Waals surface area (Å²) >= 11 is 0. The Morgan fingerprint density at radius 2 is 1.87 bits per heavy atom. The van der Waals surface area contributed by atoms with E-state index in [9.17, 15) is 8.78 Å². The summed E-state index contributed by atoms with van der Waals surface area (Å²) in [5, 5.41) is 0. The lowest BCUT2D eigenvalue weighted by atomic mass is 10.2. The Morgan fingerprint density at radius 1 is 1.04 bits per heavy atom. The zero-order chi connectivity index (χ0) is 15.8. The molecule has 3 heterocycles. The number of aromatic nitrogens is 5. The van der Waals surface area contributed by atoms with E-state index >= 15 is 0 Å². The van der Waals surface area contributed by atoms with Crippen molar-refractivity contribution in [2.75, 3.05) is 0 Å². The van der Waals surface area contributed by atoms with Gasteiger partial charge in [0.1, 0.15) is 23.3 Å². The Kier molecular flexibility index (Phi) is 3.11. The van der Waals surface area contributed by atoms with Crippen molar-refractivity contribution >= 4 is 11.2 Å². The van der Waals surface area contributed by atoms with E-state index in [1.807, 2.05) is 12.1 Å². The zero-order valence-corrected chi connectivity index (χ0v) is 11.9. The first-order valence-electron chi connectivity index (χ1n) is 6.96. The van der Waals surface area contributed by atoms with Crippen LogP contribution in [0.15, 0.2) is 48.9 Å². The largest absolute Gasteiger partial charge is 0.339 e. The number of aromatic amines is 1. The summed E-state index contributed by atoms with van der Waals surface area (Å²) in [6.07, 6.45) is 4.99. The molecule has 0 fully saturated rings. The lowest BCUT2D eigenvalue weighted by molar-refractivity contribution is 0.583. The molecule has 0 bridgehead atoms. The molecule has 7 heteroatoms. The van der Waals surface area contributed by atoms with Crippen molar-refractivity contribution in [3.05, 3.63) is 66.4 Å². The number of imidazole rings is 2. The predicted molar refractivity (Wildman–Crippen MR) is 80.6 cm³/mol. The van der Waals surface area contributed by atoms with Crippen LogP contribution >= 0.6 is 0 Å². The van der Waals surface area contributed by atoms with Gasteiger partial charge in [-0.2, -0.15) is 0 Å². The predicted octanol–water partition coefficient (Wildman–Crippen LogP) is 3.15. The van der Waals surface area contributed by atoms with Crippen LogP contribution in [0, 0.1) is 11.6 Å². The average Bonchev–Trinajstić information content (AvgIpc) is 3.12. The standard InChI is InChI=1S/C16H11F2N5/c17-11-6-10(7-12(18)8-11)16-20-4-5-23(16)9-14-21-13-2-1-3-19-15(13)22-14/h1-8H,9H2,(H,19,21,22). The first-order valence-corrected chi connectivity index (χ1v) is 6.96. The normalized spacial score (nSPS) is 11.2. The highest BCUT2D eigenvalue weighted by Gasteiger charge is 2.11. The second kappa shape index (κ2) is 5.28. The number of hydrogen-bond acceptors (Lipinski definition) is 3. The van der Waals surface area contributed by atoms with Gasteiger partial charge in [0.05, 0.1) is 12.1 Å². The monoisotopic (exact) mass is 311 g/mol. The van der Waals surface area contributed by atoms with Gasteiger partial charge in [-0.15, -0.1) is 0 Å². The van der Waals surface area contributed by atoms with E-state index in [1.165, 1.54) is 12.1 Å². The van der Waals surface area contributed by atoms with Crippen LogP contribution in [0.3, 0.4) is 0 Å². The van der Waals surface area contributed by atoms with Gasteiger partial charge in [0.2, 0.25) is 0 Å². The minimum absolute atomic E-state index is 0.377. The SMILES string of the molecule is Fc1cc(F)cc(-c2nccn2Cc2nc3ncccc3[nH]2)c1. The van der Waals surface area contributed by atoms with Crippen LogP contribution in [-0.2, 0) is 6.54 Å². The van der Waals surface area contributed by atoms with Crippen molar-refractivity contribution in [1.29, 1.82) is 0 Å². The number of halogens is 2. The minimum Gasteiger partial charge on any atom is -0.339 e. The maximum absolute atomic E-state index is 13.4. The van der Waals surface area contributed by atoms with Gasteiger partial charge in [-0.05, 0) is 24.3 Å². The summed E-state index contributed by atoms with van der Waals surface area (Å²) in [5.41, 5.74) is 1.84. The molecule has 0 spiro atoms. The molecule has 0 radical (unpaired) electrons. The molecular formula is C16H11F2N5. The topological polar surface area (TPSA) is 59.4 Å². The van der Waals surface area contributed by atoms with Crippen molar-refractivity contribution in [3.63, 3.8) is 0 Å². The molecule has 5 nitrogen and oxygen atoms in total. The van der Waals surface area contributed by atoms with Gasteiger partial charge >= 0.3 is 0 Å². The molecule has 0 saturated heterocycles. The van der Waals surface area contributed by atoms with Gasteiger partial charge in [-0.25, -0.2) is 23.7 Å². The van der Waals surface area contributed by atoms with E-state index in [-0.39, 0.29) is 0 Å². The molecule has 0 aliphatic heterocycles. The second-order valence-electron chi connectivity index (χ2n) is 5.09. The molecule has 0 aliphatic rings. The van der Waals surface area contributed by atoms with Crippen LogP contribution in [0.4, 0.5) is 8.78 Å². The highest BCUT2D eigenvalue weighted by atomic mass is 19.1. The average molecular weight is 311 g/mol. The third-order valence-corrected chi connectivity index (χ3v) is 3.46. The van der Waals surface area contributed by atoms with Gasteiger partial charge in [0, 0.05) is 30.2 Å². The van der Waals surface area contributed by atoms with E-state index in [2.05, 4.69) is 19.9 Å². The van der Waals surface area contributed by atoms with Gasteiger partial charge in [-0.1, -0.05) is 0 Å². The lowest BCUT2D eigenvalue weighted by Crippen LogP contribution is -2.03. The van der Waals surface area contributed by atoms with Crippen LogP contribution in [0.2, 0.25) is 0 Å². The van der Waals surface area contributed by atoms with E-state index in [0.717, 1.165) is 11.6 Å². The van der Waals surface area contributed by atoms with E-state index in [0.29, 0.717) is 29.4 Å². The van der Waals surface area contributed by atoms with E-state index in [4.69, 9.17) is 0 Å². The quantitative estimate of drug-likeness (QED) is 0.632. The molecule has 0 atom stereocenters. The molecule has 0 saturated carbocycles. The van der Waals surface area contributed by atoms with Crippen LogP contribution < -0.4 is 0 Å². The van der Waals surface area contributed by atoms with E-state index < -0.39 is 11.6 Å². The highest BCUT2D eigenvalue weighted by molar-refractivity contribution is 5.69. The van der Waals surface area contributed by atoms with Gasteiger partial charge in [-0.3, -0.25) is 0 Å². The lowest BCUT2D eigenvalue weighted by Gasteiger charge is -2.06. The maximum Gasteiger partial charge on any atom is 0.177 e. The van der Waals surface area contributed by atoms with Crippen molar-refractivity contribution < 1.29 is 8.78 Å². The fraction of sp³-hybridized carbons (Fsp3) is 0.0625. The fourth-order valence-corrected chi connectivity index (χ4v) is 2.51. The van der Waals surface area contributed by atoms with Crippen LogP contribution in [0.1, 0.15) is 5.82 Å². The summed E-state index contributed by atoms with van der Waals surface area (Å²) in [5.74, 6) is -0.114. The molecule has 1 aromatic carbocycles. The molecule has 1 N–H and O–H groups in total. The number of fused-ring (bicyclic) bond motifs is 1. The smallest absolute Gasteiger partial charge is 0.177 e. The van der Waals surface area contributed by atoms with Crippen LogP contribution in [-0.4, -0.2) is 24.5 Å². The summed E-state index contributed by atoms with van der Waals surface area (Å²) in [7, 11) is 0. The van der Waals surface area contributed by atoms with Crippen LogP contribution in [0.5, 0.6) is 0 Å². The Bertz CT molecular complexity index is 936. The van der Waals surface area contributed by atoms with Gasteiger partial charge in [0.25, 0.3) is 0 Å². The molecule has 0 amide bonds. The number of nitrogens with zero attached hydrogens (tertiary/aromatic N) is 4. The zero-order valence-electron chi connectivity index (χ0n) is 11.9. The third kappa shape index (κ3) is 2.57. The van der Waals surface area contributed by atoms with Crippen molar-refractivity contribution in [2.24, 2.45) is 0 Å². The first-order chi connectivity index (χ1) is 11.2. The molecule has 4 rings (SSSR count). The fourth-order valence-electron chi connectivity index (χ4n) is 2.51. The number of H-pyrrole nitrogens is 1. The minimum atomic E-state index is -0.637. The number of rotatable bonds is 3. The van der Waals surface area contributed by atoms with Crippen molar-refractivity contribution in [3.8, 4) is 11.4 Å². The summed E-state index contributed by atoms with van der Waals surface area (Å²) in [4.78, 5) is 15.9. The summed E-state index contributed by atoms with van der Waals surface area (Å²) in [6.45, 7) is 0.393. The first kappa shape index (κ1) is 13.6. The van der Waals surface area contributed by atoms with Gasteiger partial charge < -0.3 is 9.55 Å².